The van der Waals surface area contributed by atoms with Crippen molar-refractivity contribution in [3.05, 3.63) is 28.8 Å². The third-order valence-corrected chi connectivity index (χ3v) is 2.41. The minimum Gasteiger partial charge on any atom is -0.496 e. The summed E-state index contributed by atoms with van der Waals surface area (Å²) in [6.07, 6.45) is 2.31. The zero-order valence-corrected chi connectivity index (χ0v) is 9.33. The Bertz CT molecular complexity index is 393. The highest BCUT2D eigenvalue weighted by atomic mass is 16.5. The number of isocyanates is 1. The lowest BCUT2D eigenvalue weighted by molar-refractivity contribution is 0.411. The highest BCUT2D eigenvalue weighted by molar-refractivity contribution is 5.41. The van der Waals surface area contributed by atoms with Gasteiger partial charge in [0, 0.05) is 0 Å². The molecule has 0 fully saturated rings. The largest absolute Gasteiger partial charge is 0.496 e. The van der Waals surface area contributed by atoms with Gasteiger partial charge < -0.3 is 4.74 Å². The van der Waals surface area contributed by atoms with Crippen LogP contribution in [0, 0.1) is 13.8 Å². The van der Waals surface area contributed by atoms with Crippen molar-refractivity contribution in [2.45, 2.75) is 20.3 Å². The molecule has 0 saturated heterocycles. The lowest BCUT2D eigenvalue weighted by atomic mass is 10.0. The molecule has 0 aromatic heterocycles. The third-order valence-electron chi connectivity index (χ3n) is 2.41. The molecule has 0 heterocycles. The van der Waals surface area contributed by atoms with E-state index in [1.165, 1.54) is 11.1 Å². The first-order valence-corrected chi connectivity index (χ1v) is 4.86. The van der Waals surface area contributed by atoms with E-state index in [0.717, 1.165) is 17.7 Å². The number of aryl methyl sites for hydroxylation is 2. The number of methoxy groups -OCH3 is 1. The van der Waals surface area contributed by atoms with E-state index < -0.39 is 0 Å². The Morgan fingerprint density at radius 1 is 1.33 bits per heavy atom. The molecule has 1 rings (SSSR count). The summed E-state index contributed by atoms with van der Waals surface area (Å²) in [5, 5.41) is 0. The van der Waals surface area contributed by atoms with E-state index in [2.05, 4.69) is 11.1 Å². The Kier molecular flexibility index (Phi) is 4.07. The van der Waals surface area contributed by atoms with Crippen LogP contribution in [0.2, 0.25) is 0 Å². The normalized spacial score (nSPS) is 9.53. The molecule has 0 aliphatic carbocycles. The highest BCUT2D eigenvalue weighted by Gasteiger charge is 2.04. The summed E-state index contributed by atoms with van der Waals surface area (Å²) < 4.78 is 5.22. The Morgan fingerprint density at radius 3 is 2.67 bits per heavy atom. The number of benzene rings is 1. The van der Waals surface area contributed by atoms with Crippen molar-refractivity contribution < 1.29 is 9.53 Å². The standard InChI is InChI=1S/C12H15NO2/c1-9-7-12(15-3)10(2)6-11(9)4-5-13-8-14/h6-7H,4-5H2,1-3H3. The van der Waals surface area contributed by atoms with E-state index in [0.29, 0.717) is 6.54 Å². The van der Waals surface area contributed by atoms with E-state index >= 15 is 0 Å². The number of ether oxygens (including phenoxy) is 1. The van der Waals surface area contributed by atoms with Gasteiger partial charge in [0.2, 0.25) is 6.08 Å². The Labute approximate surface area is 89.8 Å². The van der Waals surface area contributed by atoms with Crippen molar-refractivity contribution in [2.24, 2.45) is 4.99 Å². The van der Waals surface area contributed by atoms with Crippen molar-refractivity contribution in [3.63, 3.8) is 0 Å². The second kappa shape index (κ2) is 5.32. The van der Waals surface area contributed by atoms with Crippen molar-refractivity contribution in [1.29, 1.82) is 0 Å². The van der Waals surface area contributed by atoms with Crippen LogP contribution < -0.4 is 4.74 Å². The molecule has 0 atom stereocenters. The predicted molar refractivity (Wildman–Crippen MR) is 59.2 cm³/mol. The van der Waals surface area contributed by atoms with E-state index in [1.54, 1.807) is 13.2 Å². The minimum atomic E-state index is 0.496. The second-order valence-corrected chi connectivity index (χ2v) is 3.47. The zero-order valence-electron chi connectivity index (χ0n) is 9.33. The zero-order chi connectivity index (χ0) is 11.3. The second-order valence-electron chi connectivity index (χ2n) is 3.47. The van der Waals surface area contributed by atoms with E-state index in [-0.39, 0.29) is 0 Å². The topological polar surface area (TPSA) is 38.7 Å². The fraction of sp³-hybridized carbons (Fsp3) is 0.417. The van der Waals surface area contributed by atoms with Crippen molar-refractivity contribution in [3.8, 4) is 5.75 Å². The molecule has 0 radical (unpaired) electrons. The average molecular weight is 205 g/mol. The molecule has 0 aliphatic rings. The molecule has 0 unspecified atom stereocenters. The summed E-state index contributed by atoms with van der Waals surface area (Å²) in [7, 11) is 1.66. The SMILES string of the molecule is COc1cc(C)c(CCN=C=O)cc1C. The molecule has 0 aliphatic heterocycles. The minimum absolute atomic E-state index is 0.496. The molecule has 3 nitrogen and oxygen atoms in total. The van der Waals surface area contributed by atoms with Gasteiger partial charge in [0.15, 0.2) is 0 Å². The van der Waals surface area contributed by atoms with Crippen LogP contribution in [0.15, 0.2) is 17.1 Å². The van der Waals surface area contributed by atoms with Gasteiger partial charge in [-0.05, 0) is 43.0 Å². The maximum Gasteiger partial charge on any atom is 0.234 e. The molecule has 0 spiro atoms. The summed E-state index contributed by atoms with van der Waals surface area (Å²) in [6.45, 7) is 4.53. The van der Waals surface area contributed by atoms with Crippen LogP contribution in [0.1, 0.15) is 16.7 Å². The molecule has 80 valence electrons. The van der Waals surface area contributed by atoms with Crippen LogP contribution in [0.25, 0.3) is 0 Å². The Morgan fingerprint density at radius 2 is 2.07 bits per heavy atom. The number of nitrogens with zero attached hydrogens (tertiary/aromatic N) is 1. The van der Waals surface area contributed by atoms with Crippen LogP contribution in [-0.2, 0) is 11.2 Å². The Hall–Kier alpha value is -1.60. The molecule has 0 bridgehead atoms. The van der Waals surface area contributed by atoms with Crippen LogP contribution in [0.3, 0.4) is 0 Å². The monoisotopic (exact) mass is 205 g/mol. The van der Waals surface area contributed by atoms with E-state index in [4.69, 9.17) is 4.74 Å². The van der Waals surface area contributed by atoms with Crippen LogP contribution >= 0.6 is 0 Å². The molecular formula is C12H15NO2. The maximum absolute atomic E-state index is 9.94. The van der Waals surface area contributed by atoms with Gasteiger partial charge >= 0.3 is 0 Å². The molecule has 1 aromatic rings. The first-order valence-electron chi connectivity index (χ1n) is 4.86. The molecule has 15 heavy (non-hydrogen) atoms. The Balaban J connectivity index is 2.89. The predicted octanol–water partition coefficient (Wildman–Crippen LogP) is 2.19. The number of aliphatic imine (C=N–C) groups is 1. The van der Waals surface area contributed by atoms with Crippen molar-refractivity contribution in [2.75, 3.05) is 13.7 Å². The summed E-state index contributed by atoms with van der Waals surface area (Å²) >= 11 is 0. The smallest absolute Gasteiger partial charge is 0.234 e. The van der Waals surface area contributed by atoms with Gasteiger partial charge in [-0.2, -0.15) is 0 Å². The summed E-state index contributed by atoms with van der Waals surface area (Å²) in [6, 6.07) is 4.09. The van der Waals surface area contributed by atoms with Gasteiger partial charge in [0.1, 0.15) is 5.75 Å². The van der Waals surface area contributed by atoms with Gasteiger partial charge in [-0.1, -0.05) is 6.07 Å². The van der Waals surface area contributed by atoms with Gasteiger partial charge in [0.05, 0.1) is 13.7 Å². The summed E-state index contributed by atoms with van der Waals surface area (Å²) in [5.41, 5.74) is 3.47. The third kappa shape index (κ3) is 2.93. The van der Waals surface area contributed by atoms with Crippen molar-refractivity contribution >= 4 is 6.08 Å². The summed E-state index contributed by atoms with van der Waals surface area (Å²) in [4.78, 5) is 13.5. The van der Waals surface area contributed by atoms with Gasteiger partial charge in [-0.15, -0.1) is 0 Å². The average Bonchev–Trinajstić information content (AvgIpc) is 2.23. The van der Waals surface area contributed by atoms with Gasteiger partial charge in [-0.25, -0.2) is 9.79 Å². The highest BCUT2D eigenvalue weighted by Crippen LogP contribution is 2.22. The summed E-state index contributed by atoms with van der Waals surface area (Å²) in [5.74, 6) is 0.898. The van der Waals surface area contributed by atoms with Crippen LogP contribution in [-0.4, -0.2) is 19.7 Å². The lowest BCUT2D eigenvalue weighted by Gasteiger charge is -2.10. The quantitative estimate of drug-likeness (QED) is 0.558. The first-order chi connectivity index (χ1) is 7.19. The lowest BCUT2D eigenvalue weighted by Crippen LogP contribution is -1.96. The number of rotatable bonds is 4. The molecule has 0 N–H and O–H groups in total. The van der Waals surface area contributed by atoms with Crippen molar-refractivity contribution in [1.82, 2.24) is 0 Å². The van der Waals surface area contributed by atoms with Gasteiger partial charge in [-0.3, -0.25) is 0 Å². The van der Waals surface area contributed by atoms with Crippen LogP contribution in [0.4, 0.5) is 0 Å². The van der Waals surface area contributed by atoms with Crippen LogP contribution in [0.5, 0.6) is 5.75 Å². The molecule has 0 amide bonds. The molecule has 3 heteroatoms. The fourth-order valence-corrected chi connectivity index (χ4v) is 1.56. The van der Waals surface area contributed by atoms with E-state index in [1.807, 2.05) is 19.9 Å². The van der Waals surface area contributed by atoms with E-state index in [9.17, 15) is 4.79 Å². The first kappa shape index (κ1) is 11.5. The number of hydrogen-bond donors (Lipinski definition) is 0. The molecule has 0 saturated carbocycles. The fourth-order valence-electron chi connectivity index (χ4n) is 1.56. The molecule has 1 aromatic carbocycles. The maximum atomic E-state index is 9.94. The number of carbonyl (C=O) groups excluding carboxylic acids is 1. The number of hydrogen-bond acceptors (Lipinski definition) is 3. The molecular weight excluding hydrogens is 190 g/mol. The van der Waals surface area contributed by atoms with Gasteiger partial charge in [0.25, 0.3) is 0 Å².